The number of nitrogens with one attached hydrogen (secondary N) is 1. The topological polar surface area (TPSA) is 15.3 Å². The zero-order chi connectivity index (χ0) is 21.4. The third-order valence-electron chi connectivity index (χ3n) is 6.93. The number of hydrogen-bond donors (Lipinski definition) is 1. The Kier molecular flexibility index (Phi) is 5.07. The minimum absolute atomic E-state index is 0.101. The first-order valence-corrected chi connectivity index (χ1v) is 12.5. The van der Waals surface area contributed by atoms with E-state index in [0.717, 1.165) is 0 Å². The van der Waals surface area contributed by atoms with Crippen LogP contribution in [0.25, 0.3) is 5.70 Å². The van der Waals surface area contributed by atoms with Crippen LogP contribution in [0.3, 0.4) is 0 Å². The van der Waals surface area contributed by atoms with Crippen molar-refractivity contribution in [1.29, 1.82) is 0 Å². The minimum Gasteiger partial charge on any atom is -0.341 e. The summed E-state index contributed by atoms with van der Waals surface area (Å²) < 4.78 is 0. The van der Waals surface area contributed by atoms with Crippen molar-refractivity contribution < 1.29 is 0 Å². The smallest absolute Gasteiger partial charge is 0.122 e. The van der Waals surface area contributed by atoms with Crippen molar-refractivity contribution in [1.82, 2.24) is 5.32 Å². The Bertz CT molecular complexity index is 1150. The highest BCUT2D eigenvalue weighted by Gasteiger charge is 2.50. The molecule has 1 saturated carbocycles. The van der Waals surface area contributed by atoms with Crippen molar-refractivity contribution in [2.24, 2.45) is 0 Å². The van der Waals surface area contributed by atoms with Gasteiger partial charge in [0.15, 0.2) is 0 Å². The Morgan fingerprint density at radius 2 is 1.38 bits per heavy atom. The van der Waals surface area contributed by atoms with Crippen LogP contribution in [-0.4, -0.2) is 4.87 Å². The summed E-state index contributed by atoms with van der Waals surface area (Å²) in [6, 6.07) is 32.7. The molecule has 0 bridgehead atoms. The van der Waals surface area contributed by atoms with Crippen molar-refractivity contribution in [2.75, 3.05) is 4.90 Å². The number of thioether (sulfide) groups is 1. The van der Waals surface area contributed by atoms with Gasteiger partial charge in [-0.2, -0.15) is 0 Å². The van der Waals surface area contributed by atoms with E-state index < -0.39 is 0 Å². The lowest BCUT2D eigenvalue weighted by Crippen LogP contribution is -2.46. The molecule has 2 heterocycles. The number of nitrogens with zero attached hydrogens (tertiary/aromatic N) is 1. The van der Waals surface area contributed by atoms with Crippen LogP contribution in [0, 0.1) is 0 Å². The van der Waals surface area contributed by atoms with Crippen molar-refractivity contribution >= 4 is 23.1 Å². The van der Waals surface area contributed by atoms with Gasteiger partial charge in [0.25, 0.3) is 0 Å². The molecule has 6 rings (SSSR count). The highest BCUT2D eigenvalue weighted by molar-refractivity contribution is 8.04. The van der Waals surface area contributed by atoms with Crippen LogP contribution >= 0.6 is 11.8 Å². The number of rotatable bonds is 3. The zero-order valence-corrected chi connectivity index (χ0v) is 19.0. The maximum atomic E-state index is 3.90. The maximum Gasteiger partial charge on any atom is 0.122 e. The van der Waals surface area contributed by atoms with E-state index in [2.05, 4.69) is 119 Å². The molecule has 3 aliphatic rings. The van der Waals surface area contributed by atoms with Gasteiger partial charge in [0.1, 0.15) is 5.82 Å². The average Bonchev–Trinajstić information content (AvgIpc) is 3.18. The summed E-state index contributed by atoms with van der Waals surface area (Å²) in [6.45, 7) is 0. The Morgan fingerprint density at radius 3 is 2.06 bits per heavy atom. The lowest BCUT2D eigenvalue weighted by molar-refractivity contribution is 0.397. The second-order valence-electron chi connectivity index (χ2n) is 8.95. The fraction of sp³-hybridized carbons (Fsp3) is 0.241. The summed E-state index contributed by atoms with van der Waals surface area (Å²) in [4.78, 5) is 4.20. The summed E-state index contributed by atoms with van der Waals surface area (Å²) in [5, 5.41) is 3.90. The predicted octanol–water partition coefficient (Wildman–Crippen LogP) is 7.50. The van der Waals surface area contributed by atoms with Gasteiger partial charge in [-0.15, -0.1) is 0 Å². The highest BCUT2D eigenvalue weighted by Crippen LogP contribution is 2.59. The van der Waals surface area contributed by atoms with Gasteiger partial charge in [0.05, 0.1) is 4.87 Å². The molecule has 2 aliphatic heterocycles. The Balaban J connectivity index is 1.51. The van der Waals surface area contributed by atoms with E-state index >= 15 is 0 Å². The van der Waals surface area contributed by atoms with E-state index in [1.807, 2.05) is 0 Å². The highest BCUT2D eigenvalue weighted by atomic mass is 32.2. The van der Waals surface area contributed by atoms with Crippen LogP contribution in [0.5, 0.6) is 0 Å². The van der Waals surface area contributed by atoms with Gasteiger partial charge < -0.3 is 10.2 Å². The van der Waals surface area contributed by atoms with Gasteiger partial charge in [0, 0.05) is 22.2 Å². The predicted molar refractivity (Wildman–Crippen MR) is 136 cm³/mol. The number of anilines is 1. The van der Waals surface area contributed by atoms with E-state index in [4.69, 9.17) is 0 Å². The summed E-state index contributed by atoms with van der Waals surface area (Å²) in [6.07, 6.45) is 8.82. The minimum atomic E-state index is 0.101. The Hall–Kier alpha value is -2.91. The van der Waals surface area contributed by atoms with Crippen LogP contribution < -0.4 is 10.2 Å². The Morgan fingerprint density at radius 1 is 0.750 bits per heavy atom. The van der Waals surface area contributed by atoms with Crippen LogP contribution in [0.15, 0.2) is 108 Å². The largest absolute Gasteiger partial charge is 0.341 e. The molecule has 0 radical (unpaired) electrons. The molecular weight excluding hydrogens is 408 g/mol. The number of benzene rings is 3. The molecule has 1 aliphatic carbocycles. The SMILES string of the molecule is C1=C(c2ccccc2)NC2=C(SC3(CCCCC3)N2c2ccccc2)C1c1ccccc1. The van der Waals surface area contributed by atoms with Crippen LogP contribution in [0.2, 0.25) is 0 Å². The summed E-state index contributed by atoms with van der Waals surface area (Å²) >= 11 is 2.12. The van der Waals surface area contributed by atoms with E-state index in [9.17, 15) is 0 Å². The van der Waals surface area contributed by atoms with Gasteiger partial charge in [-0.3, -0.25) is 0 Å². The average molecular weight is 437 g/mol. The fourth-order valence-electron chi connectivity index (χ4n) is 5.42. The van der Waals surface area contributed by atoms with Crippen molar-refractivity contribution in [3.05, 3.63) is 119 Å². The molecule has 2 nitrogen and oxygen atoms in total. The van der Waals surface area contributed by atoms with Gasteiger partial charge in [0.2, 0.25) is 0 Å². The molecule has 1 fully saturated rings. The zero-order valence-electron chi connectivity index (χ0n) is 18.2. The first kappa shape index (κ1) is 19.8. The molecule has 1 atom stereocenters. The maximum absolute atomic E-state index is 3.90. The fourth-order valence-corrected chi connectivity index (χ4v) is 7.18. The van der Waals surface area contributed by atoms with E-state index in [-0.39, 0.29) is 10.8 Å². The normalized spacial score (nSPS) is 21.8. The number of hydrogen-bond acceptors (Lipinski definition) is 3. The molecule has 0 aromatic heterocycles. The standard InChI is InChI=1S/C29H28N2S/c1-5-13-22(14-6-1)25-21-26(23-15-7-2-8-16-23)30-28-27(25)32-29(19-11-4-12-20-29)31(28)24-17-9-3-10-18-24/h1-3,5-10,13-18,21,25,30H,4,11-12,19-20H2. The molecule has 0 saturated heterocycles. The summed E-state index contributed by atoms with van der Waals surface area (Å²) in [5.74, 6) is 1.54. The van der Waals surface area contributed by atoms with Crippen molar-refractivity contribution in [3.8, 4) is 0 Å². The number of allylic oxidation sites excluding steroid dienone is 2. The molecule has 1 spiro atoms. The quantitative estimate of drug-likeness (QED) is 0.458. The van der Waals surface area contributed by atoms with Gasteiger partial charge >= 0.3 is 0 Å². The molecule has 3 aromatic rings. The number of para-hydroxylation sites is 1. The molecule has 1 N–H and O–H groups in total. The van der Waals surface area contributed by atoms with E-state index in [1.165, 1.54) is 65.3 Å². The molecule has 3 heteroatoms. The van der Waals surface area contributed by atoms with Crippen molar-refractivity contribution in [2.45, 2.75) is 42.9 Å². The second kappa shape index (κ2) is 8.22. The van der Waals surface area contributed by atoms with Crippen LogP contribution in [0.4, 0.5) is 5.69 Å². The summed E-state index contributed by atoms with van der Waals surface area (Å²) in [7, 11) is 0. The second-order valence-corrected chi connectivity index (χ2v) is 10.4. The molecule has 1 unspecified atom stereocenters. The first-order chi connectivity index (χ1) is 15.8. The monoisotopic (exact) mass is 436 g/mol. The first-order valence-electron chi connectivity index (χ1n) is 11.7. The van der Waals surface area contributed by atoms with Crippen molar-refractivity contribution in [3.63, 3.8) is 0 Å². The van der Waals surface area contributed by atoms with E-state index in [1.54, 1.807) is 0 Å². The van der Waals surface area contributed by atoms with Gasteiger partial charge in [-0.05, 0) is 42.2 Å². The van der Waals surface area contributed by atoms with Gasteiger partial charge in [-0.1, -0.05) is 110 Å². The molecular formula is C29H28N2S. The molecule has 160 valence electrons. The Labute approximate surface area is 195 Å². The molecule has 3 aromatic carbocycles. The lowest BCUT2D eigenvalue weighted by atomic mass is 9.91. The number of dihydropyridines is 1. The lowest BCUT2D eigenvalue weighted by Gasteiger charge is -2.43. The van der Waals surface area contributed by atoms with Gasteiger partial charge in [-0.25, -0.2) is 0 Å². The molecule has 32 heavy (non-hydrogen) atoms. The third kappa shape index (κ3) is 3.36. The van der Waals surface area contributed by atoms with Crippen LogP contribution in [-0.2, 0) is 0 Å². The third-order valence-corrected chi connectivity index (χ3v) is 8.56. The van der Waals surface area contributed by atoms with E-state index in [0.29, 0.717) is 0 Å². The summed E-state index contributed by atoms with van der Waals surface area (Å²) in [5.41, 5.74) is 5.10. The molecule has 0 amide bonds. The van der Waals surface area contributed by atoms with Crippen LogP contribution in [0.1, 0.15) is 49.1 Å².